The normalized spacial score (nSPS) is 18.8. The lowest BCUT2D eigenvalue weighted by molar-refractivity contribution is -0.264. The molecule has 1 N–H and O–H groups in total. The third-order valence-corrected chi connectivity index (χ3v) is 5.21. The molecule has 0 amide bonds. The Bertz CT molecular complexity index is 692. The van der Waals surface area contributed by atoms with E-state index in [0.717, 1.165) is 20.2 Å². The van der Waals surface area contributed by atoms with Gasteiger partial charge >= 0.3 is 0 Å². The molecule has 0 unspecified atom stereocenters. The molecule has 4 nitrogen and oxygen atoms in total. The number of H-pyrrole nitrogens is 1. The van der Waals surface area contributed by atoms with Gasteiger partial charge in [-0.2, -0.15) is 0 Å². The van der Waals surface area contributed by atoms with Crippen LogP contribution in [0.5, 0.6) is 5.75 Å². The molecule has 2 aromatic rings. The van der Waals surface area contributed by atoms with E-state index in [2.05, 4.69) is 27.6 Å². The second-order valence-corrected chi connectivity index (χ2v) is 7.70. The van der Waals surface area contributed by atoms with Crippen LogP contribution < -0.4 is 4.74 Å². The molecule has 7 heteroatoms. The van der Waals surface area contributed by atoms with Gasteiger partial charge in [0.2, 0.25) is 0 Å². The summed E-state index contributed by atoms with van der Waals surface area (Å²) in [5, 5.41) is 1.94. The average Bonchev–Trinajstić information content (AvgIpc) is 2.85. The Hall–Kier alpha value is -0.210. The summed E-state index contributed by atoms with van der Waals surface area (Å²) in [6.45, 7) is 5.55. The number of hydrogen-bond donors (Lipinski definition) is 1. The molecule has 3 rings (SSSR count). The van der Waals surface area contributed by atoms with Crippen LogP contribution in [0.2, 0.25) is 10.0 Å². The van der Waals surface area contributed by atoms with Gasteiger partial charge in [0.05, 0.1) is 40.8 Å². The number of nitrogens with one attached hydrogen (secondary N) is 1. The first-order chi connectivity index (χ1) is 10.4. The fourth-order valence-electron chi connectivity index (χ4n) is 2.33. The van der Waals surface area contributed by atoms with E-state index in [1.54, 1.807) is 6.07 Å². The largest absolute Gasteiger partial charge is 0.492 e. The number of halogens is 3. The van der Waals surface area contributed by atoms with Gasteiger partial charge in [-0.25, -0.2) is 0 Å². The molecular formula is C15H16Cl2INO3. The molecule has 1 aliphatic rings. The Morgan fingerprint density at radius 3 is 2.73 bits per heavy atom. The zero-order chi connectivity index (χ0) is 15.9. The first kappa shape index (κ1) is 16.6. The van der Waals surface area contributed by atoms with E-state index in [1.807, 2.05) is 20.0 Å². The monoisotopic (exact) mass is 455 g/mol. The Morgan fingerprint density at radius 2 is 2.05 bits per heavy atom. The summed E-state index contributed by atoms with van der Waals surface area (Å²) in [5.41, 5.74) is 0.797. The summed E-state index contributed by atoms with van der Waals surface area (Å²) in [6, 6.07) is 1.76. The third kappa shape index (κ3) is 3.33. The maximum atomic E-state index is 6.23. The van der Waals surface area contributed by atoms with Gasteiger partial charge in [-0.3, -0.25) is 0 Å². The molecule has 0 bridgehead atoms. The van der Waals surface area contributed by atoms with Crippen molar-refractivity contribution in [2.24, 2.45) is 5.92 Å². The van der Waals surface area contributed by atoms with Crippen LogP contribution >= 0.6 is 45.8 Å². The summed E-state index contributed by atoms with van der Waals surface area (Å²) in [4.78, 5) is 3.13. The number of aromatic amines is 1. The molecule has 0 saturated carbocycles. The minimum atomic E-state index is -0.511. The van der Waals surface area contributed by atoms with Crippen LogP contribution in [-0.4, -0.2) is 30.6 Å². The van der Waals surface area contributed by atoms with Gasteiger partial charge < -0.3 is 19.2 Å². The maximum absolute atomic E-state index is 6.23. The zero-order valence-electron chi connectivity index (χ0n) is 12.2. The second-order valence-electron chi connectivity index (χ2n) is 5.76. The van der Waals surface area contributed by atoms with E-state index in [4.69, 9.17) is 37.4 Å². The fourth-order valence-corrected chi connectivity index (χ4v) is 3.42. The molecule has 1 fully saturated rings. The van der Waals surface area contributed by atoms with Gasteiger partial charge in [-0.1, -0.05) is 23.2 Å². The highest BCUT2D eigenvalue weighted by molar-refractivity contribution is 14.1. The van der Waals surface area contributed by atoms with Crippen LogP contribution in [0.25, 0.3) is 10.9 Å². The summed E-state index contributed by atoms with van der Waals surface area (Å²) in [6.07, 6.45) is 1.88. The van der Waals surface area contributed by atoms with E-state index >= 15 is 0 Å². The molecule has 2 heterocycles. The van der Waals surface area contributed by atoms with Crippen molar-refractivity contribution in [2.45, 2.75) is 19.6 Å². The number of hydrogen-bond acceptors (Lipinski definition) is 3. The van der Waals surface area contributed by atoms with Crippen molar-refractivity contribution in [2.75, 3.05) is 19.8 Å². The van der Waals surface area contributed by atoms with Crippen molar-refractivity contribution in [1.82, 2.24) is 4.98 Å². The Morgan fingerprint density at radius 1 is 1.36 bits per heavy atom. The van der Waals surface area contributed by atoms with Crippen LogP contribution in [0.1, 0.15) is 13.8 Å². The van der Waals surface area contributed by atoms with Gasteiger partial charge in [0.15, 0.2) is 5.79 Å². The highest BCUT2D eigenvalue weighted by Gasteiger charge is 2.29. The molecular weight excluding hydrogens is 440 g/mol. The standard InChI is InChI=1S/C15H16Cl2INO3/c1-15(2)21-6-8(7-22-15)5-20-11-3-9(16)13(17)14-12(11)10(18)4-19-14/h3-4,8,19H,5-7H2,1-2H3. The van der Waals surface area contributed by atoms with Crippen LogP contribution in [0.3, 0.4) is 0 Å². The van der Waals surface area contributed by atoms with Crippen LogP contribution in [0.15, 0.2) is 12.3 Å². The predicted octanol–water partition coefficient (Wildman–Crippen LogP) is 4.86. The smallest absolute Gasteiger partial charge is 0.162 e. The molecule has 0 atom stereocenters. The number of fused-ring (bicyclic) bond motifs is 1. The van der Waals surface area contributed by atoms with Crippen LogP contribution in [0, 0.1) is 9.49 Å². The van der Waals surface area contributed by atoms with E-state index in [-0.39, 0.29) is 5.92 Å². The molecule has 0 aliphatic carbocycles. The molecule has 1 aromatic carbocycles. The zero-order valence-corrected chi connectivity index (χ0v) is 15.9. The molecule has 0 radical (unpaired) electrons. The fraction of sp³-hybridized carbons (Fsp3) is 0.467. The van der Waals surface area contributed by atoms with Crippen molar-refractivity contribution < 1.29 is 14.2 Å². The second kappa shape index (κ2) is 6.36. The van der Waals surface area contributed by atoms with Crippen molar-refractivity contribution in [3.05, 3.63) is 25.9 Å². The molecule has 1 aliphatic heterocycles. The maximum Gasteiger partial charge on any atom is 0.162 e. The lowest BCUT2D eigenvalue weighted by Crippen LogP contribution is -2.41. The Balaban J connectivity index is 1.77. The van der Waals surface area contributed by atoms with Crippen molar-refractivity contribution in [3.63, 3.8) is 0 Å². The molecule has 120 valence electrons. The summed E-state index contributed by atoms with van der Waals surface area (Å²) in [7, 11) is 0. The molecule has 1 aromatic heterocycles. The van der Waals surface area contributed by atoms with Crippen LogP contribution in [-0.2, 0) is 9.47 Å². The van der Waals surface area contributed by atoms with Gasteiger partial charge in [-0.15, -0.1) is 0 Å². The predicted molar refractivity (Wildman–Crippen MR) is 96.0 cm³/mol. The number of rotatable bonds is 3. The SMILES string of the molecule is CC1(C)OCC(COc2cc(Cl)c(Cl)c3[nH]cc(I)c23)CO1. The molecule has 1 saturated heterocycles. The van der Waals surface area contributed by atoms with Crippen molar-refractivity contribution in [3.8, 4) is 5.75 Å². The van der Waals surface area contributed by atoms with Crippen molar-refractivity contribution in [1.29, 1.82) is 0 Å². The Kier molecular flexibility index (Phi) is 4.81. The lowest BCUT2D eigenvalue weighted by atomic mass is 10.1. The summed E-state index contributed by atoms with van der Waals surface area (Å²) in [5.74, 6) is 0.401. The first-order valence-corrected chi connectivity index (χ1v) is 8.76. The lowest BCUT2D eigenvalue weighted by Gasteiger charge is -2.34. The van der Waals surface area contributed by atoms with E-state index in [9.17, 15) is 0 Å². The van der Waals surface area contributed by atoms with E-state index in [0.29, 0.717) is 29.9 Å². The third-order valence-electron chi connectivity index (χ3n) is 3.57. The minimum Gasteiger partial charge on any atom is -0.492 e. The van der Waals surface area contributed by atoms with Gasteiger partial charge in [-0.05, 0) is 36.4 Å². The quantitative estimate of drug-likeness (QED) is 0.672. The van der Waals surface area contributed by atoms with E-state index in [1.165, 1.54) is 0 Å². The minimum absolute atomic E-state index is 0.189. The number of aromatic nitrogens is 1. The highest BCUT2D eigenvalue weighted by Crippen LogP contribution is 2.39. The van der Waals surface area contributed by atoms with Gasteiger partial charge in [0.25, 0.3) is 0 Å². The highest BCUT2D eigenvalue weighted by atomic mass is 127. The summed E-state index contributed by atoms with van der Waals surface area (Å²) < 4.78 is 18.3. The van der Waals surface area contributed by atoms with Gasteiger partial charge in [0.1, 0.15) is 5.75 Å². The molecule has 22 heavy (non-hydrogen) atoms. The van der Waals surface area contributed by atoms with Crippen LogP contribution in [0.4, 0.5) is 0 Å². The first-order valence-electron chi connectivity index (χ1n) is 6.92. The van der Waals surface area contributed by atoms with E-state index < -0.39 is 5.79 Å². The Labute approximate surface area is 152 Å². The summed E-state index contributed by atoms with van der Waals surface area (Å²) >= 11 is 14.7. The number of benzene rings is 1. The van der Waals surface area contributed by atoms with Gasteiger partial charge in [0, 0.05) is 21.8 Å². The molecule has 0 spiro atoms. The number of ether oxygens (including phenoxy) is 3. The van der Waals surface area contributed by atoms with Crippen molar-refractivity contribution >= 4 is 56.7 Å². The average molecular weight is 456 g/mol. The topological polar surface area (TPSA) is 43.5 Å².